The second-order valence-corrected chi connectivity index (χ2v) is 7.74. The van der Waals surface area contributed by atoms with Crippen molar-refractivity contribution in [1.29, 1.82) is 0 Å². The Morgan fingerprint density at radius 2 is 1.42 bits per heavy atom. The number of benzene rings is 4. The van der Waals surface area contributed by atoms with Crippen molar-refractivity contribution in [1.82, 2.24) is 0 Å². The molecule has 0 heterocycles. The quantitative estimate of drug-likeness (QED) is 0.312. The molecule has 31 heavy (non-hydrogen) atoms. The SMILES string of the molecule is Cc1ccc(COc2ccc(CNc3ccc(Oc4ccccc4)cc3)cc2Cl)cc1. The maximum atomic E-state index is 6.43. The second-order valence-electron chi connectivity index (χ2n) is 7.33. The second kappa shape index (κ2) is 10.1. The van der Waals surface area contributed by atoms with Gasteiger partial charge in [-0.1, -0.05) is 65.7 Å². The van der Waals surface area contributed by atoms with Gasteiger partial charge >= 0.3 is 0 Å². The predicted molar refractivity (Wildman–Crippen MR) is 127 cm³/mol. The summed E-state index contributed by atoms with van der Waals surface area (Å²) in [6.45, 7) is 3.23. The van der Waals surface area contributed by atoms with Crippen LogP contribution in [0, 0.1) is 6.92 Å². The molecule has 4 aromatic rings. The number of hydrogen-bond donors (Lipinski definition) is 1. The minimum atomic E-state index is 0.495. The Labute approximate surface area is 188 Å². The van der Waals surface area contributed by atoms with Crippen LogP contribution in [0.4, 0.5) is 5.69 Å². The molecule has 4 aromatic carbocycles. The van der Waals surface area contributed by atoms with Gasteiger partial charge in [0.15, 0.2) is 0 Å². The molecule has 0 aliphatic heterocycles. The molecule has 0 aromatic heterocycles. The number of halogens is 1. The lowest BCUT2D eigenvalue weighted by Crippen LogP contribution is -2.00. The lowest BCUT2D eigenvalue weighted by molar-refractivity contribution is 0.306. The van der Waals surface area contributed by atoms with Crippen LogP contribution in [0.25, 0.3) is 0 Å². The van der Waals surface area contributed by atoms with Crippen LogP contribution in [-0.2, 0) is 13.2 Å². The molecule has 156 valence electrons. The van der Waals surface area contributed by atoms with Crippen LogP contribution in [0.1, 0.15) is 16.7 Å². The Morgan fingerprint density at radius 1 is 0.742 bits per heavy atom. The molecule has 0 atom stereocenters. The number of hydrogen-bond acceptors (Lipinski definition) is 3. The van der Waals surface area contributed by atoms with Crippen LogP contribution in [0.2, 0.25) is 5.02 Å². The molecule has 0 fully saturated rings. The summed E-state index contributed by atoms with van der Waals surface area (Å²) in [7, 11) is 0. The average Bonchev–Trinajstić information content (AvgIpc) is 2.80. The van der Waals surface area contributed by atoms with Gasteiger partial charge in [-0.2, -0.15) is 0 Å². The third-order valence-electron chi connectivity index (χ3n) is 4.84. The fourth-order valence-corrected chi connectivity index (χ4v) is 3.34. The molecule has 0 unspecified atom stereocenters. The van der Waals surface area contributed by atoms with Crippen LogP contribution in [0.5, 0.6) is 17.2 Å². The smallest absolute Gasteiger partial charge is 0.138 e. The Morgan fingerprint density at radius 3 is 2.13 bits per heavy atom. The van der Waals surface area contributed by atoms with E-state index in [1.165, 1.54) is 5.56 Å². The first-order valence-corrected chi connectivity index (χ1v) is 10.6. The number of nitrogens with one attached hydrogen (secondary N) is 1. The molecule has 4 rings (SSSR count). The maximum Gasteiger partial charge on any atom is 0.138 e. The van der Waals surface area contributed by atoms with Crippen molar-refractivity contribution >= 4 is 17.3 Å². The van der Waals surface area contributed by atoms with Crippen molar-refractivity contribution in [3.05, 3.63) is 119 Å². The molecule has 0 aliphatic carbocycles. The predicted octanol–water partition coefficient (Wildman–Crippen LogP) is 7.63. The Bertz CT molecular complexity index is 1110. The summed E-state index contributed by atoms with van der Waals surface area (Å²) in [5, 5.41) is 4.02. The summed E-state index contributed by atoms with van der Waals surface area (Å²) in [5.41, 5.74) is 4.44. The average molecular weight is 430 g/mol. The maximum absolute atomic E-state index is 6.43. The summed E-state index contributed by atoms with van der Waals surface area (Å²) < 4.78 is 11.7. The molecule has 0 bridgehead atoms. The first-order valence-electron chi connectivity index (χ1n) is 10.2. The van der Waals surface area contributed by atoms with E-state index >= 15 is 0 Å². The molecular weight excluding hydrogens is 406 g/mol. The Balaban J connectivity index is 1.30. The zero-order chi connectivity index (χ0) is 21.5. The van der Waals surface area contributed by atoms with E-state index in [0.29, 0.717) is 23.9 Å². The zero-order valence-corrected chi connectivity index (χ0v) is 18.1. The van der Waals surface area contributed by atoms with Gasteiger partial charge in [0, 0.05) is 12.2 Å². The van der Waals surface area contributed by atoms with Crippen molar-refractivity contribution in [2.45, 2.75) is 20.1 Å². The fourth-order valence-electron chi connectivity index (χ4n) is 3.09. The van der Waals surface area contributed by atoms with E-state index in [-0.39, 0.29) is 0 Å². The highest BCUT2D eigenvalue weighted by molar-refractivity contribution is 6.32. The van der Waals surface area contributed by atoms with Gasteiger partial charge in [0.05, 0.1) is 5.02 Å². The summed E-state index contributed by atoms with van der Waals surface area (Å²) in [4.78, 5) is 0. The number of ether oxygens (including phenoxy) is 2. The summed E-state index contributed by atoms with van der Waals surface area (Å²) in [5.74, 6) is 2.31. The van der Waals surface area contributed by atoms with Crippen LogP contribution < -0.4 is 14.8 Å². The highest BCUT2D eigenvalue weighted by atomic mass is 35.5. The van der Waals surface area contributed by atoms with Gasteiger partial charge in [-0.15, -0.1) is 0 Å². The standard InChI is InChI=1S/C27H24ClNO2/c1-20-7-9-21(10-8-20)19-30-27-16-11-22(17-26(27)28)18-29-23-12-14-25(15-13-23)31-24-5-3-2-4-6-24/h2-17,29H,18-19H2,1H3. The van der Waals surface area contributed by atoms with Gasteiger partial charge < -0.3 is 14.8 Å². The molecule has 0 spiro atoms. The topological polar surface area (TPSA) is 30.5 Å². The van der Waals surface area contributed by atoms with Gasteiger partial charge in [-0.25, -0.2) is 0 Å². The molecular formula is C27H24ClNO2. The van der Waals surface area contributed by atoms with E-state index in [4.69, 9.17) is 21.1 Å². The van der Waals surface area contributed by atoms with E-state index in [9.17, 15) is 0 Å². The lowest BCUT2D eigenvalue weighted by atomic mass is 10.1. The lowest BCUT2D eigenvalue weighted by Gasteiger charge is -2.12. The number of aryl methyl sites for hydroxylation is 1. The molecule has 0 saturated carbocycles. The minimum Gasteiger partial charge on any atom is -0.487 e. The fraction of sp³-hybridized carbons (Fsp3) is 0.111. The highest BCUT2D eigenvalue weighted by Gasteiger charge is 2.05. The summed E-state index contributed by atoms with van der Waals surface area (Å²) >= 11 is 6.43. The van der Waals surface area contributed by atoms with E-state index < -0.39 is 0 Å². The summed E-state index contributed by atoms with van der Waals surface area (Å²) in [6, 6.07) is 31.8. The van der Waals surface area contributed by atoms with Crippen molar-refractivity contribution in [3.8, 4) is 17.2 Å². The van der Waals surface area contributed by atoms with Crippen LogP contribution >= 0.6 is 11.6 Å². The monoisotopic (exact) mass is 429 g/mol. The van der Waals surface area contributed by atoms with E-state index in [0.717, 1.165) is 28.3 Å². The molecule has 0 amide bonds. The van der Waals surface area contributed by atoms with Crippen LogP contribution in [0.3, 0.4) is 0 Å². The van der Waals surface area contributed by atoms with Gasteiger partial charge in [0.2, 0.25) is 0 Å². The molecule has 0 saturated heterocycles. The molecule has 1 N–H and O–H groups in total. The zero-order valence-electron chi connectivity index (χ0n) is 17.3. The summed E-state index contributed by atoms with van der Waals surface area (Å²) in [6.07, 6.45) is 0. The third-order valence-corrected chi connectivity index (χ3v) is 5.14. The van der Waals surface area contributed by atoms with Gasteiger partial charge in [-0.3, -0.25) is 0 Å². The third kappa shape index (κ3) is 6.03. The van der Waals surface area contributed by atoms with Crippen LogP contribution in [-0.4, -0.2) is 0 Å². The molecule has 0 radical (unpaired) electrons. The van der Waals surface area contributed by atoms with Gasteiger partial charge in [0.25, 0.3) is 0 Å². The normalized spacial score (nSPS) is 10.5. The number of para-hydroxylation sites is 1. The largest absolute Gasteiger partial charge is 0.487 e. The number of anilines is 1. The number of rotatable bonds is 8. The van der Waals surface area contributed by atoms with Gasteiger partial charge in [0.1, 0.15) is 23.9 Å². The molecule has 3 nitrogen and oxygen atoms in total. The minimum absolute atomic E-state index is 0.495. The van der Waals surface area contributed by atoms with Crippen molar-refractivity contribution in [3.63, 3.8) is 0 Å². The van der Waals surface area contributed by atoms with Crippen molar-refractivity contribution in [2.24, 2.45) is 0 Å². The first kappa shape index (κ1) is 20.8. The van der Waals surface area contributed by atoms with E-state index in [1.807, 2.05) is 72.8 Å². The van der Waals surface area contributed by atoms with Crippen molar-refractivity contribution < 1.29 is 9.47 Å². The van der Waals surface area contributed by atoms with Crippen molar-refractivity contribution in [2.75, 3.05) is 5.32 Å². The van der Waals surface area contributed by atoms with Gasteiger partial charge in [-0.05, 0) is 66.6 Å². The van der Waals surface area contributed by atoms with E-state index in [1.54, 1.807) is 0 Å². The van der Waals surface area contributed by atoms with Crippen LogP contribution in [0.15, 0.2) is 97.1 Å². The molecule has 0 aliphatic rings. The Hall–Kier alpha value is -3.43. The highest BCUT2D eigenvalue weighted by Crippen LogP contribution is 2.27. The Kier molecular flexibility index (Phi) is 6.75. The molecule has 4 heteroatoms. The van der Waals surface area contributed by atoms with E-state index in [2.05, 4.69) is 36.5 Å². The first-order chi connectivity index (χ1) is 15.2.